The van der Waals surface area contributed by atoms with E-state index in [4.69, 9.17) is 9.72 Å². The summed E-state index contributed by atoms with van der Waals surface area (Å²) >= 11 is 0. The van der Waals surface area contributed by atoms with Gasteiger partial charge in [0.2, 0.25) is 5.95 Å². The Hall–Kier alpha value is -3.71. The van der Waals surface area contributed by atoms with Crippen molar-refractivity contribution in [3.8, 4) is 11.5 Å². The smallest absolute Gasteiger partial charge is 0.208 e. The van der Waals surface area contributed by atoms with Crippen molar-refractivity contribution in [2.24, 2.45) is 13.0 Å². The van der Waals surface area contributed by atoms with Gasteiger partial charge < -0.3 is 19.5 Å². The maximum Gasteiger partial charge on any atom is 0.208 e. The topological polar surface area (TPSA) is 72.3 Å². The number of nitrogens with one attached hydrogen (secondary N) is 1. The van der Waals surface area contributed by atoms with E-state index in [0.29, 0.717) is 24.0 Å². The number of benzene rings is 2. The summed E-state index contributed by atoms with van der Waals surface area (Å²) in [5.74, 6) is 2.53. The molecule has 4 aromatic rings. The molecule has 0 amide bonds. The molecule has 0 aliphatic carbocycles. The van der Waals surface area contributed by atoms with Crippen LogP contribution in [-0.2, 0) is 24.7 Å². The average molecular weight is 512 g/mol. The van der Waals surface area contributed by atoms with Crippen molar-refractivity contribution in [3.05, 3.63) is 72.1 Å². The summed E-state index contributed by atoms with van der Waals surface area (Å²) in [6.07, 6.45) is 4.93. The van der Waals surface area contributed by atoms with Gasteiger partial charge >= 0.3 is 0 Å². The van der Waals surface area contributed by atoms with Crippen LogP contribution in [-0.4, -0.2) is 44.3 Å². The summed E-state index contributed by atoms with van der Waals surface area (Å²) in [6.45, 7) is 8.56. The summed E-state index contributed by atoms with van der Waals surface area (Å²) in [7, 11) is 2.00. The zero-order valence-electron chi connectivity index (χ0n) is 22.8. The first-order chi connectivity index (χ1) is 18.4. The second-order valence-corrected chi connectivity index (χ2v) is 10.5. The van der Waals surface area contributed by atoms with Gasteiger partial charge in [-0.2, -0.15) is 0 Å². The van der Waals surface area contributed by atoms with Gasteiger partial charge in [0.05, 0.1) is 16.7 Å². The Balaban J connectivity index is 1.25. The largest absolute Gasteiger partial charge is 0.457 e. The summed E-state index contributed by atoms with van der Waals surface area (Å²) in [4.78, 5) is 24.6. The summed E-state index contributed by atoms with van der Waals surface area (Å²) in [5, 5.41) is 3.41. The van der Waals surface area contributed by atoms with E-state index >= 15 is 0 Å². The lowest BCUT2D eigenvalue weighted by Gasteiger charge is -2.33. The molecule has 38 heavy (non-hydrogen) atoms. The Labute approximate surface area is 224 Å². The van der Waals surface area contributed by atoms with Crippen LogP contribution in [0.3, 0.4) is 0 Å². The Morgan fingerprint density at radius 3 is 2.50 bits per heavy atom. The number of ketones is 1. The van der Waals surface area contributed by atoms with Gasteiger partial charge in [-0.1, -0.05) is 19.1 Å². The number of carbonyl (C=O) groups is 1. The molecule has 198 valence electrons. The van der Waals surface area contributed by atoms with E-state index in [9.17, 15) is 4.79 Å². The minimum Gasteiger partial charge on any atom is -0.457 e. The van der Waals surface area contributed by atoms with Crippen LogP contribution >= 0.6 is 0 Å². The van der Waals surface area contributed by atoms with Crippen molar-refractivity contribution < 1.29 is 9.53 Å². The molecular formula is C31H37N5O2. The molecule has 1 aliphatic rings. The highest BCUT2D eigenvalue weighted by atomic mass is 16.5. The number of aryl methyl sites for hydroxylation is 2. The van der Waals surface area contributed by atoms with Crippen LogP contribution < -0.4 is 10.1 Å². The normalized spacial score (nSPS) is 14.8. The zero-order valence-corrected chi connectivity index (χ0v) is 22.8. The van der Waals surface area contributed by atoms with Crippen LogP contribution in [0.15, 0.2) is 60.8 Å². The van der Waals surface area contributed by atoms with Gasteiger partial charge in [-0.3, -0.25) is 9.78 Å². The Morgan fingerprint density at radius 1 is 1.05 bits per heavy atom. The molecule has 1 aliphatic heterocycles. The van der Waals surface area contributed by atoms with Crippen molar-refractivity contribution >= 4 is 28.5 Å². The van der Waals surface area contributed by atoms with Crippen molar-refractivity contribution in [3.63, 3.8) is 0 Å². The highest BCUT2D eigenvalue weighted by Gasteiger charge is 2.26. The number of likely N-dealkylation sites (tertiary alicyclic amines) is 1. The number of hydrogen-bond acceptors (Lipinski definition) is 6. The monoisotopic (exact) mass is 511 g/mol. The van der Waals surface area contributed by atoms with E-state index in [1.807, 2.05) is 41.9 Å². The van der Waals surface area contributed by atoms with Crippen molar-refractivity contribution in [1.82, 2.24) is 19.4 Å². The number of Topliss-reactive ketones (excluding diaryl/α,β-unsaturated/α-hetero) is 1. The molecule has 1 fully saturated rings. The first-order valence-electron chi connectivity index (χ1n) is 13.6. The van der Waals surface area contributed by atoms with Crippen molar-refractivity contribution in [2.75, 3.05) is 18.4 Å². The van der Waals surface area contributed by atoms with Crippen LogP contribution in [0.2, 0.25) is 0 Å². The minimum atomic E-state index is 0.121. The number of carbonyl (C=O) groups excluding carboxylic acids is 1. The summed E-state index contributed by atoms with van der Waals surface area (Å²) < 4.78 is 8.20. The number of anilines is 2. The van der Waals surface area contributed by atoms with Gasteiger partial charge in [0.15, 0.2) is 0 Å². The lowest BCUT2D eigenvalue weighted by Crippen LogP contribution is -2.40. The van der Waals surface area contributed by atoms with Gasteiger partial charge in [0, 0.05) is 49.4 Å². The van der Waals surface area contributed by atoms with Crippen molar-refractivity contribution in [2.45, 2.75) is 52.5 Å². The van der Waals surface area contributed by atoms with Gasteiger partial charge in [0.1, 0.15) is 17.3 Å². The predicted octanol–water partition coefficient (Wildman–Crippen LogP) is 6.30. The molecule has 0 spiro atoms. The Bertz CT molecular complexity index is 1400. The molecule has 7 heteroatoms. The number of imidazole rings is 1. The number of fused-ring (bicyclic) bond motifs is 1. The number of nitrogens with zero attached hydrogens (tertiary/aromatic N) is 4. The fourth-order valence-corrected chi connectivity index (χ4v) is 5.12. The number of pyridine rings is 1. The molecule has 1 N–H and O–H groups in total. The van der Waals surface area contributed by atoms with E-state index in [1.54, 1.807) is 6.20 Å². The molecule has 1 saturated heterocycles. The first-order valence-corrected chi connectivity index (χ1v) is 13.6. The number of hydrogen-bond donors (Lipinski definition) is 1. The molecule has 7 nitrogen and oxygen atoms in total. The third-order valence-electron chi connectivity index (χ3n) is 7.56. The lowest BCUT2D eigenvalue weighted by atomic mass is 9.90. The van der Waals surface area contributed by atoms with Gasteiger partial charge in [0.25, 0.3) is 0 Å². The van der Waals surface area contributed by atoms with Crippen LogP contribution in [0.5, 0.6) is 11.5 Å². The summed E-state index contributed by atoms with van der Waals surface area (Å²) in [6, 6.07) is 18.5. The Kier molecular flexibility index (Phi) is 7.74. The standard InChI is InChI=1S/C31H37N5O2/c1-5-22-6-8-24(9-7-22)33-31-34-28-20-26(10-11-29(28)35(31)4)38-27-12-15-32-25(18-27)19-30(37)23-13-16-36(17-14-23)21(2)3/h6-12,15,18,20-21,23H,5,13-14,16-17,19H2,1-4H3,(H,33,34). The molecule has 5 rings (SSSR count). The van der Waals surface area contributed by atoms with E-state index < -0.39 is 0 Å². The highest BCUT2D eigenvalue weighted by Crippen LogP contribution is 2.29. The molecule has 0 radical (unpaired) electrons. The van der Waals surface area contributed by atoms with E-state index in [2.05, 4.69) is 60.2 Å². The molecule has 0 saturated carbocycles. The van der Waals surface area contributed by atoms with E-state index in [0.717, 1.165) is 60.7 Å². The third-order valence-corrected chi connectivity index (χ3v) is 7.56. The van der Waals surface area contributed by atoms with E-state index in [1.165, 1.54) is 5.56 Å². The first kappa shape index (κ1) is 25.9. The van der Waals surface area contributed by atoms with Crippen LogP contribution in [0.1, 0.15) is 44.9 Å². The number of aromatic nitrogens is 3. The molecule has 0 unspecified atom stereocenters. The summed E-state index contributed by atoms with van der Waals surface area (Å²) in [5.41, 5.74) is 4.90. The zero-order chi connectivity index (χ0) is 26.6. The van der Waals surface area contributed by atoms with Gasteiger partial charge in [-0.25, -0.2) is 4.98 Å². The number of ether oxygens (including phenoxy) is 1. The maximum absolute atomic E-state index is 12.9. The molecule has 2 aromatic carbocycles. The molecule has 0 bridgehead atoms. The fraction of sp³-hybridized carbons (Fsp3) is 0.387. The molecule has 0 atom stereocenters. The Morgan fingerprint density at radius 2 is 1.79 bits per heavy atom. The van der Waals surface area contributed by atoms with Gasteiger partial charge in [-0.05, 0) is 82.1 Å². The van der Waals surface area contributed by atoms with E-state index in [-0.39, 0.29) is 11.7 Å². The average Bonchev–Trinajstić information content (AvgIpc) is 3.23. The molecular weight excluding hydrogens is 474 g/mol. The lowest BCUT2D eigenvalue weighted by molar-refractivity contribution is -0.123. The number of rotatable bonds is 9. The fourth-order valence-electron chi connectivity index (χ4n) is 5.12. The molecule has 2 aromatic heterocycles. The molecule has 3 heterocycles. The SMILES string of the molecule is CCc1ccc(Nc2nc3cc(Oc4ccnc(CC(=O)C5CCN(C(C)C)CC5)c4)ccc3n2C)cc1. The minimum absolute atomic E-state index is 0.121. The van der Waals surface area contributed by atoms with Crippen LogP contribution in [0.25, 0.3) is 11.0 Å². The highest BCUT2D eigenvalue weighted by molar-refractivity contribution is 5.83. The second-order valence-electron chi connectivity index (χ2n) is 10.5. The second kappa shape index (κ2) is 11.4. The maximum atomic E-state index is 12.9. The quantitative estimate of drug-likeness (QED) is 0.284. The van der Waals surface area contributed by atoms with Crippen molar-refractivity contribution in [1.29, 1.82) is 0 Å². The van der Waals surface area contributed by atoms with Crippen LogP contribution in [0, 0.1) is 5.92 Å². The third kappa shape index (κ3) is 5.89. The predicted molar refractivity (Wildman–Crippen MR) is 152 cm³/mol. The van der Waals surface area contributed by atoms with Crippen LogP contribution in [0.4, 0.5) is 11.6 Å². The van der Waals surface area contributed by atoms with Gasteiger partial charge in [-0.15, -0.1) is 0 Å². The number of piperidine rings is 1.